The van der Waals surface area contributed by atoms with Gasteiger partial charge in [0.05, 0.1) is 13.2 Å². The molecule has 0 aliphatic heterocycles. The van der Waals surface area contributed by atoms with Gasteiger partial charge in [-0.2, -0.15) is 0 Å². The molecule has 0 aliphatic carbocycles. The monoisotopic (exact) mass is 195 g/mol. The Labute approximate surface area is 84.5 Å². The summed E-state index contributed by atoms with van der Waals surface area (Å²) in [5.41, 5.74) is 6.57. The molecule has 1 rings (SSSR count). The minimum absolute atomic E-state index is 0.0330. The SMILES string of the molecule is CCOc1ccc(C(CN)CO)cc1. The van der Waals surface area contributed by atoms with Crippen LogP contribution in [0.2, 0.25) is 0 Å². The third kappa shape index (κ3) is 2.72. The highest BCUT2D eigenvalue weighted by molar-refractivity contribution is 5.29. The van der Waals surface area contributed by atoms with Crippen molar-refractivity contribution in [3.63, 3.8) is 0 Å². The molecule has 0 heterocycles. The van der Waals surface area contributed by atoms with Crippen LogP contribution >= 0.6 is 0 Å². The maximum absolute atomic E-state index is 9.04. The number of nitrogens with two attached hydrogens (primary N) is 1. The lowest BCUT2D eigenvalue weighted by atomic mass is 10.0. The van der Waals surface area contributed by atoms with Gasteiger partial charge in [-0.25, -0.2) is 0 Å². The first-order valence-corrected chi connectivity index (χ1v) is 4.85. The number of benzene rings is 1. The Morgan fingerprint density at radius 1 is 1.36 bits per heavy atom. The van der Waals surface area contributed by atoms with E-state index < -0.39 is 0 Å². The van der Waals surface area contributed by atoms with Gasteiger partial charge in [-0.3, -0.25) is 0 Å². The maximum Gasteiger partial charge on any atom is 0.119 e. The molecule has 0 aliphatic rings. The molecule has 0 bridgehead atoms. The fourth-order valence-corrected chi connectivity index (χ4v) is 1.32. The summed E-state index contributed by atoms with van der Waals surface area (Å²) in [4.78, 5) is 0. The molecule has 1 atom stereocenters. The molecule has 3 nitrogen and oxygen atoms in total. The third-order valence-electron chi connectivity index (χ3n) is 2.17. The van der Waals surface area contributed by atoms with Crippen LogP contribution in [0.15, 0.2) is 24.3 Å². The molecule has 0 saturated carbocycles. The average Bonchev–Trinajstić information content (AvgIpc) is 2.23. The zero-order valence-corrected chi connectivity index (χ0v) is 8.44. The first-order valence-electron chi connectivity index (χ1n) is 4.85. The molecule has 0 saturated heterocycles. The van der Waals surface area contributed by atoms with E-state index in [2.05, 4.69) is 0 Å². The molecule has 1 unspecified atom stereocenters. The second-order valence-corrected chi connectivity index (χ2v) is 3.12. The van der Waals surface area contributed by atoms with Gasteiger partial charge in [0, 0.05) is 12.5 Å². The van der Waals surface area contributed by atoms with Crippen LogP contribution in [0.5, 0.6) is 5.75 Å². The Morgan fingerprint density at radius 3 is 2.43 bits per heavy atom. The van der Waals surface area contributed by atoms with Gasteiger partial charge in [0.1, 0.15) is 5.75 Å². The smallest absolute Gasteiger partial charge is 0.119 e. The molecule has 3 N–H and O–H groups in total. The van der Waals surface area contributed by atoms with Crippen molar-refractivity contribution in [3.05, 3.63) is 29.8 Å². The van der Waals surface area contributed by atoms with Gasteiger partial charge in [-0.05, 0) is 24.6 Å². The minimum atomic E-state index is 0.0330. The van der Waals surface area contributed by atoms with E-state index in [0.717, 1.165) is 11.3 Å². The molecule has 3 heteroatoms. The van der Waals surface area contributed by atoms with E-state index >= 15 is 0 Å². The summed E-state index contributed by atoms with van der Waals surface area (Å²) in [7, 11) is 0. The minimum Gasteiger partial charge on any atom is -0.494 e. The van der Waals surface area contributed by atoms with E-state index in [4.69, 9.17) is 15.6 Å². The fraction of sp³-hybridized carbons (Fsp3) is 0.455. The Kier molecular flexibility index (Phi) is 4.43. The number of hydrogen-bond donors (Lipinski definition) is 2. The van der Waals surface area contributed by atoms with Crippen LogP contribution in [0.25, 0.3) is 0 Å². The van der Waals surface area contributed by atoms with Crippen molar-refractivity contribution in [2.24, 2.45) is 5.73 Å². The number of rotatable bonds is 5. The topological polar surface area (TPSA) is 55.5 Å². The normalized spacial score (nSPS) is 12.5. The average molecular weight is 195 g/mol. The summed E-state index contributed by atoms with van der Waals surface area (Å²) in [6.45, 7) is 3.17. The van der Waals surface area contributed by atoms with Crippen LogP contribution in [-0.4, -0.2) is 24.9 Å². The van der Waals surface area contributed by atoms with Crippen LogP contribution in [0.3, 0.4) is 0 Å². The van der Waals surface area contributed by atoms with Gasteiger partial charge in [0.2, 0.25) is 0 Å². The van der Waals surface area contributed by atoms with Crippen molar-refractivity contribution in [1.29, 1.82) is 0 Å². The summed E-state index contributed by atoms with van der Waals surface area (Å²) in [6.07, 6.45) is 0. The Bertz CT molecular complexity index is 254. The van der Waals surface area contributed by atoms with Crippen molar-refractivity contribution in [3.8, 4) is 5.75 Å². The van der Waals surface area contributed by atoms with Gasteiger partial charge < -0.3 is 15.6 Å². The number of hydrogen-bond acceptors (Lipinski definition) is 3. The lowest BCUT2D eigenvalue weighted by Crippen LogP contribution is -2.15. The molecule has 0 aromatic heterocycles. The van der Waals surface area contributed by atoms with Crippen LogP contribution in [0.1, 0.15) is 18.4 Å². The molecule has 0 radical (unpaired) electrons. The van der Waals surface area contributed by atoms with Gasteiger partial charge in [0.25, 0.3) is 0 Å². The van der Waals surface area contributed by atoms with Gasteiger partial charge >= 0.3 is 0 Å². The van der Waals surface area contributed by atoms with Crippen molar-refractivity contribution in [2.45, 2.75) is 12.8 Å². The van der Waals surface area contributed by atoms with Gasteiger partial charge in [0.15, 0.2) is 0 Å². The second kappa shape index (κ2) is 5.62. The molecule has 78 valence electrons. The lowest BCUT2D eigenvalue weighted by molar-refractivity contribution is 0.267. The molecular weight excluding hydrogens is 178 g/mol. The Hall–Kier alpha value is -1.06. The van der Waals surface area contributed by atoms with E-state index in [-0.39, 0.29) is 12.5 Å². The second-order valence-electron chi connectivity index (χ2n) is 3.12. The van der Waals surface area contributed by atoms with Gasteiger partial charge in [-0.1, -0.05) is 12.1 Å². The van der Waals surface area contributed by atoms with Crippen molar-refractivity contribution >= 4 is 0 Å². The predicted molar refractivity (Wildman–Crippen MR) is 56.5 cm³/mol. The fourth-order valence-electron chi connectivity index (χ4n) is 1.32. The van der Waals surface area contributed by atoms with Crippen LogP contribution in [-0.2, 0) is 0 Å². The highest BCUT2D eigenvalue weighted by atomic mass is 16.5. The largest absolute Gasteiger partial charge is 0.494 e. The van der Waals surface area contributed by atoms with Gasteiger partial charge in [-0.15, -0.1) is 0 Å². The summed E-state index contributed by atoms with van der Waals surface area (Å²) >= 11 is 0. The van der Waals surface area contributed by atoms with E-state index in [1.165, 1.54) is 0 Å². The number of ether oxygens (including phenoxy) is 1. The molecule has 1 aromatic carbocycles. The highest BCUT2D eigenvalue weighted by Gasteiger charge is 2.07. The zero-order chi connectivity index (χ0) is 10.4. The summed E-state index contributed by atoms with van der Waals surface area (Å²) in [5.74, 6) is 0.885. The molecule has 1 aromatic rings. The Balaban J connectivity index is 2.71. The molecule has 0 fully saturated rings. The third-order valence-corrected chi connectivity index (χ3v) is 2.17. The maximum atomic E-state index is 9.04. The predicted octanol–water partition coefficient (Wildman–Crippen LogP) is 1.12. The first-order chi connectivity index (χ1) is 6.81. The number of aliphatic hydroxyl groups excluding tert-OH is 1. The van der Waals surface area contributed by atoms with Crippen LogP contribution in [0.4, 0.5) is 0 Å². The highest BCUT2D eigenvalue weighted by Crippen LogP contribution is 2.18. The first kappa shape index (κ1) is 11.0. The van der Waals surface area contributed by atoms with Crippen molar-refractivity contribution in [2.75, 3.05) is 19.8 Å². The molecular formula is C11H17NO2. The standard InChI is InChI=1S/C11H17NO2/c1-2-14-11-5-3-9(4-6-11)10(7-12)8-13/h3-6,10,13H,2,7-8,12H2,1H3. The molecule has 0 spiro atoms. The van der Waals surface area contributed by atoms with E-state index in [0.29, 0.717) is 13.2 Å². The summed E-state index contributed by atoms with van der Waals surface area (Å²) < 4.78 is 5.31. The van der Waals surface area contributed by atoms with Crippen LogP contribution < -0.4 is 10.5 Å². The van der Waals surface area contributed by atoms with Crippen molar-refractivity contribution in [1.82, 2.24) is 0 Å². The quantitative estimate of drug-likeness (QED) is 0.740. The zero-order valence-electron chi connectivity index (χ0n) is 8.44. The summed E-state index contributed by atoms with van der Waals surface area (Å²) in [6, 6.07) is 7.69. The Morgan fingerprint density at radius 2 is 2.00 bits per heavy atom. The number of aliphatic hydroxyl groups is 1. The van der Waals surface area contributed by atoms with E-state index in [9.17, 15) is 0 Å². The van der Waals surface area contributed by atoms with E-state index in [1.807, 2.05) is 31.2 Å². The molecule has 14 heavy (non-hydrogen) atoms. The lowest BCUT2D eigenvalue weighted by Gasteiger charge is -2.12. The molecule has 0 amide bonds. The van der Waals surface area contributed by atoms with Crippen LogP contribution in [0, 0.1) is 0 Å². The van der Waals surface area contributed by atoms with E-state index in [1.54, 1.807) is 0 Å². The van der Waals surface area contributed by atoms with Crippen molar-refractivity contribution < 1.29 is 9.84 Å². The summed E-state index contributed by atoms with van der Waals surface area (Å²) in [5, 5.41) is 9.04.